The highest BCUT2D eigenvalue weighted by molar-refractivity contribution is 4.97. The molecule has 0 amide bonds. The molecule has 2 heteroatoms. The molecule has 2 nitrogen and oxygen atoms in total. The number of hydrogen-bond acceptors (Lipinski definition) is 2. The smallest absolute Gasteiger partial charge is 0.00501 e. The van der Waals surface area contributed by atoms with Crippen molar-refractivity contribution in [2.45, 2.75) is 53.4 Å². The Kier molecular flexibility index (Phi) is 8.96. The first-order chi connectivity index (χ1) is 7.85. The second-order valence-corrected chi connectivity index (χ2v) is 4.51. The summed E-state index contributed by atoms with van der Waals surface area (Å²) in [5, 5.41) is 3.32. The van der Waals surface area contributed by atoms with Crippen molar-refractivity contribution in [1.82, 2.24) is 10.2 Å². The van der Waals surface area contributed by atoms with Crippen LogP contribution in [0.3, 0.4) is 0 Å². The molecule has 0 unspecified atom stereocenters. The third-order valence-electron chi connectivity index (χ3n) is 3.27. The number of nitrogens with zero attached hydrogens (tertiary/aromatic N) is 1. The van der Waals surface area contributed by atoms with E-state index in [1.165, 1.54) is 51.9 Å². The Balaban J connectivity index is 0.000000509. The van der Waals surface area contributed by atoms with E-state index >= 15 is 0 Å². The Hall–Kier alpha value is -0.0800. The lowest BCUT2D eigenvalue weighted by Gasteiger charge is -2.22. The summed E-state index contributed by atoms with van der Waals surface area (Å²) < 4.78 is 0. The van der Waals surface area contributed by atoms with E-state index < -0.39 is 0 Å². The molecule has 1 aliphatic heterocycles. The van der Waals surface area contributed by atoms with Gasteiger partial charge < -0.3 is 10.2 Å². The molecule has 0 bridgehead atoms. The fourth-order valence-electron chi connectivity index (χ4n) is 2.36. The van der Waals surface area contributed by atoms with Gasteiger partial charge in [0, 0.05) is 13.1 Å². The lowest BCUT2D eigenvalue weighted by Crippen LogP contribution is -2.33. The van der Waals surface area contributed by atoms with Gasteiger partial charge in [0.15, 0.2) is 0 Å². The van der Waals surface area contributed by atoms with Gasteiger partial charge in [-0.3, -0.25) is 0 Å². The van der Waals surface area contributed by atoms with Crippen LogP contribution in [0.2, 0.25) is 0 Å². The third kappa shape index (κ3) is 5.31. The Bertz CT molecular complexity index is 147. The number of nitrogens with one attached hydrogen (secondary N) is 1. The molecule has 2 fully saturated rings. The summed E-state index contributed by atoms with van der Waals surface area (Å²) in [4.78, 5) is 2.64. The van der Waals surface area contributed by atoms with Crippen molar-refractivity contribution >= 4 is 0 Å². The molecular weight excluding hydrogens is 196 g/mol. The van der Waals surface area contributed by atoms with Crippen LogP contribution in [0.25, 0.3) is 0 Å². The molecule has 0 aromatic carbocycles. The van der Waals surface area contributed by atoms with E-state index in [0.717, 1.165) is 0 Å². The van der Waals surface area contributed by atoms with Crippen LogP contribution in [0.4, 0.5) is 0 Å². The minimum absolute atomic E-state index is 0.680. The van der Waals surface area contributed by atoms with Crippen molar-refractivity contribution in [2.75, 3.05) is 33.2 Å². The van der Waals surface area contributed by atoms with Crippen molar-refractivity contribution in [1.29, 1.82) is 0 Å². The van der Waals surface area contributed by atoms with Gasteiger partial charge in [-0.15, -0.1) is 0 Å². The van der Waals surface area contributed by atoms with Gasteiger partial charge in [-0.25, -0.2) is 0 Å². The predicted octanol–water partition coefficient (Wildman–Crippen LogP) is 3.13. The summed E-state index contributed by atoms with van der Waals surface area (Å²) in [7, 11) is 2.07. The zero-order valence-electron chi connectivity index (χ0n) is 12.1. The zero-order chi connectivity index (χ0) is 12.4. The first kappa shape index (κ1) is 15.9. The minimum atomic E-state index is 0.680. The van der Waals surface area contributed by atoms with Crippen LogP contribution in [0.15, 0.2) is 0 Å². The molecular formula is C14H32N2. The van der Waals surface area contributed by atoms with E-state index in [0.29, 0.717) is 5.41 Å². The summed E-state index contributed by atoms with van der Waals surface area (Å²) in [5.74, 6) is 0. The second kappa shape index (κ2) is 9.00. The summed E-state index contributed by atoms with van der Waals surface area (Å²) in [6, 6.07) is 0. The van der Waals surface area contributed by atoms with E-state index in [9.17, 15) is 0 Å². The Labute approximate surface area is 103 Å². The van der Waals surface area contributed by atoms with Gasteiger partial charge in [-0.2, -0.15) is 0 Å². The topological polar surface area (TPSA) is 15.3 Å². The molecule has 16 heavy (non-hydrogen) atoms. The van der Waals surface area contributed by atoms with E-state index in [-0.39, 0.29) is 0 Å². The van der Waals surface area contributed by atoms with Gasteiger partial charge in [-0.1, -0.05) is 27.7 Å². The molecule has 2 aliphatic rings. The molecule has 1 saturated carbocycles. The molecule has 1 aliphatic carbocycles. The maximum absolute atomic E-state index is 3.32. The maximum atomic E-state index is 3.32. The van der Waals surface area contributed by atoms with Crippen LogP contribution in [0.1, 0.15) is 53.4 Å². The van der Waals surface area contributed by atoms with Gasteiger partial charge >= 0.3 is 0 Å². The summed E-state index contributed by atoms with van der Waals surface area (Å²) in [5.41, 5.74) is 0.680. The standard InChI is InChI=1S/C10H20N2.2C2H6/c1-11-8-10(4-5-10)9-12-6-2-3-7-12;2*1-2/h11H,2-9H2,1H3;2*1-2H3. The van der Waals surface area contributed by atoms with E-state index in [2.05, 4.69) is 17.3 Å². The lowest BCUT2D eigenvalue weighted by atomic mass is 10.1. The van der Waals surface area contributed by atoms with Crippen LogP contribution in [-0.4, -0.2) is 38.1 Å². The quantitative estimate of drug-likeness (QED) is 0.795. The fraction of sp³-hybridized carbons (Fsp3) is 1.00. The van der Waals surface area contributed by atoms with Crippen molar-refractivity contribution in [3.63, 3.8) is 0 Å². The highest BCUT2D eigenvalue weighted by Crippen LogP contribution is 2.45. The lowest BCUT2D eigenvalue weighted by molar-refractivity contribution is 0.260. The molecule has 1 heterocycles. The molecule has 2 rings (SSSR count). The Morgan fingerprint density at radius 2 is 1.50 bits per heavy atom. The van der Waals surface area contributed by atoms with Crippen LogP contribution < -0.4 is 5.32 Å². The summed E-state index contributed by atoms with van der Waals surface area (Å²) >= 11 is 0. The average Bonchev–Trinajstić information content (AvgIpc) is 2.90. The van der Waals surface area contributed by atoms with Gasteiger partial charge in [0.25, 0.3) is 0 Å². The molecule has 0 radical (unpaired) electrons. The van der Waals surface area contributed by atoms with Gasteiger partial charge in [0.1, 0.15) is 0 Å². The molecule has 0 atom stereocenters. The van der Waals surface area contributed by atoms with Crippen molar-refractivity contribution in [3.05, 3.63) is 0 Å². The largest absolute Gasteiger partial charge is 0.319 e. The molecule has 1 saturated heterocycles. The normalized spacial score (nSPS) is 21.6. The van der Waals surface area contributed by atoms with E-state index in [1.54, 1.807) is 0 Å². The van der Waals surface area contributed by atoms with E-state index in [1.807, 2.05) is 27.7 Å². The van der Waals surface area contributed by atoms with Crippen LogP contribution in [0, 0.1) is 5.41 Å². The SMILES string of the molecule is CC.CC.CNCC1(CN2CCCC2)CC1. The van der Waals surface area contributed by atoms with Crippen molar-refractivity contribution < 1.29 is 0 Å². The molecule has 0 aromatic heterocycles. The Morgan fingerprint density at radius 1 is 1.00 bits per heavy atom. The van der Waals surface area contributed by atoms with Crippen molar-refractivity contribution in [2.24, 2.45) is 5.41 Å². The zero-order valence-corrected chi connectivity index (χ0v) is 12.1. The van der Waals surface area contributed by atoms with Crippen LogP contribution >= 0.6 is 0 Å². The molecule has 1 N–H and O–H groups in total. The summed E-state index contributed by atoms with van der Waals surface area (Å²) in [6.07, 6.45) is 5.75. The van der Waals surface area contributed by atoms with E-state index in [4.69, 9.17) is 0 Å². The van der Waals surface area contributed by atoms with Gasteiger partial charge in [0.2, 0.25) is 0 Å². The molecule has 98 valence electrons. The first-order valence-corrected chi connectivity index (χ1v) is 7.22. The first-order valence-electron chi connectivity index (χ1n) is 7.22. The number of likely N-dealkylation sites (tertiary alicyclic amines) is 1. The van der Waals surface area contributed by atoms with Crippen LogP contribution in [-0.2, 0) is 0 Å². The highest BCUT2D eigenvalue weighted by Gasteiger charge is 2.43. The minimum Gasteiger partial charge on any atom is -0.319 e. The Morgan fingerprint density at radius 3 is 1.88 bits per heavy atom. The monoisotopic (exact) mass is 228 g/mol. The van der Waals surface area contributed by atoms with Gasteiger partial charge in [0.05, 0.1) is 0 Å². The predicted molar refractivity (Wildman–Crippen MR) is 74.0 cm³/mol. The fourth-order valence-corrected chi connectivity index (χ4v) is 2.36. The number of hydrogen-bond donors (Lipinski definition) is 1. The molecule has 0 aromatic rings. The van der Waals surface area contributed by atoms with Crippen molar-refractivity contribution in [3.8, 4) is 0 Å². The number of rotatable bonds is 4. The maximum Gasteiger partial charge on any atom is 0.00501 e. The molecule has 0 spiro atoms. The summed E-state index contributed by atoms with van der Waals surface area (Å²) in [6.45, 7) is 13.3. The second-order valence-electron chi connectivity index (χ2n) is 4.51. The average molecular weight is 228 g/mol. The third-order valence-corrected chi connectivity index (χ3v) is 3.27. The van der Waals surface area contributed by atoms with Gasteiger partial charge in [-0.05, 0) is 51.2 Å². The van der Waals surface area contributed by atoms with Crippen LogP contribution in [0.5, 0.6) is 0 Å². The highest BCUT2D eigenvalue weighted by atomic mass is 15.2.